The molecular weight excluding hydrogens is 319 g/mol. The molecule has 0 amide bonds. The number of hydrogen-bond donors (Lipinski definition) is 1. The Morgan fingerprint density at radius 1 is 1.10 bits per heavy atom. The van der Waals surface area contributed by atoms with E-state index < -0.39 is 11.5 Å². The Morgan fingerprint density at radius 2 is 1.70 bits per heavy atom. The predicted molar refractivity (Wildman–Crippen MR) is 83.3 cm³/mol. The van der Waals surface area contributed by atoms with Crippen molar-refractivity contribution in [3.8, 4) is 0 Å². The van der Waals surface area contributed by atoms with Gasteiger partial charge in [0.25, 0.3) is 0 Å². The van der Waals surface area contributed by atoms with E-state index in [-0.39, 0.29) is 5.82 Å². The summed E-state index contributed by atoms with van der Waals surface area (Å²) in [5.74, 6) is -0.259. The topological polar surface area (TPSA) is 20.2 Å². The molecule has 0 spiro atoms. The number of benzene rings is 2. The van der Waals surface area contributed by atoms with Crippen LogP contribution >= 0.6 is 15.9 Å². The normalized spacial score (nSPS) is 13.2. The van der Waals surface area contributed by atoms with Gasteiger partial charge >= 0.3 is 0 Å². The highest BCUT2D eigenvalue weighted by atomic mass is 79.9. The smallest absolute Gasteiger partial charge is 0.123 e. The summed E-state index contributed by atoms with van der Waals surface area (Å²) >= 11 is 3.50. The van der Waals surface area contributed by atoms with Crippen LogP contribution in [0.2, 0.25) is 0 Å². The monoisotopic (exact) mass is 336 g/mol. The molecule has 2 aromatic rings. The average molecular weight is 337 g/mol. The van der Waals surface area contributed by atoms with E-state index in [2.05, 4.69) is 15.9 Å². The molecule has 2 rings (SSSR count). The molecule has 0 saturated heterocycles. The first kappa shape index (κ1) is 15.2. The van der Waals surface area contributed by atoms with E-state index in [1.54, 1.807) is 12.1 Å². The first-order valence-corrected chi connectivity index (χ1v) is 7.38. The highest BCUT2D eigenvalue weighted by molar-refractivity contribution is 9.10. The van der Waals surface area contributed by atoms with Crippen molar-refractivity contribution >= 4 is 15.9 Å². The van der Waals surface area contributed by atoms with Crippen LogP contribution in [0.4, 0.5) is 4.39 Å². The van der Waals surface area contributed by atoms with Gasteiger partial charge in [-0.1, -0.05) is 60.1 Å². The van der Waals surface area contributed by atoms with Crippen LogP contribution in [-0.4, -0.2) is 11.2 Å². The maximum atomic E-state index is 13.0. The van der Waals surface area contributed by atoms with Gasteiger partial charge in [0.2, 0.25) is 0 Å². The van der Waals surface area contributed by atoms with Gasteiger partial charge in [-0.2, -0.15) is 0 Å². The Kier molecular flexibility index (Phi) is 4.61. The second kappa shape index (κ2) is 6.06. The van der Waals surface area contributed by atoms with Crippen LogP contribution in [0.1, 0.15) is 25.0 Å². The lowest BCUT2D eigenvalue weighted by Gasteiger charge is -2.31. The summed E-state index contributed by atoms with van der Waals surface area (Å²) in [6.45, 7) is 3.95. The molecule has 0 aliphatic rings. The first-order chi connectivity index (χ1) is 9.41. The van der Waals surface area contributed by atoms with E-state index in [1.807, 2.05) is 38.1 Å². The van der Waals surface area contributed by atoms with Gasteiger partial charge in [0.05, 0.1) is 6.10 Å². The van der Waals surface area contributed by atoms with Crippen molar-refractivity contribution in [1.29, 1.82) is 0 Å². The van der Waals surface area contributed by atoms with Crippen molar-refractivity contribution in [3.63, 3.8) is 0 Å². The number of rotatable bonds is 4. The molecule has 0 saturated carbocycles. The molecule has 0 fully saturated rings. The fraction of sp³-hybridized carbons (Fsp3) is 0.294. The molecule has 106 valence electrons. The van der Waals surface area contributed by atoms with Crippen molar-refractivity contribution < 1.29 is 9.50 Å². The van der Waals surface area contributed by atoms with E-state index >= 15 is 0 Å². The predicted octanol–water partition coefficient (Wildman–Crippen LogP) is 4.47. The van der Waals surface area contributed by atoms with Gasteiger partial charge in [-0.05, 0) is 29.3 Å². The Hall–Kier alpha value is -1.19. The van der Waals surface area contributed by atoms with Crippen molar-refractivity contribution in [2.24, 2.45) is 0 Å². The minimum atomic E-state index is -0.549. The van der Waals surface area contributed by atoms with Gasteiger partial charge < -0.3 is 5.11 Å². The van der Waals surface area contributed by atoms with E-state index in [0.717, 1.165) is 15.6 Å². The Labute approximate surface area is 127 Å². The minimum Gasteiger partial charge on any atom is -0.392 e. The summed E-state index contributed by atoms with van der Waals surface area (Å²) in [5, 5.41) is 10.6. The SMILES string of the molecule is CC(C)(c1ccc(F)cc1)C(O)Cc1ccccc1Br. The van der Waals surface area contributed by atoms with Gasteiger partial charge in [-0.3, -0.25) is 0 Å². The lowest BCUT2D eigenvalue weighted by molar-refractivity contribution is 0.0998. The summed E-state index contributed by atoms with van der Waals surface area (Å²) < 4.78 is 14.0. The lowest BCUT2D eigenvalue weighted by atomic mass is 9.77. The third-order valence-corrected chi connectivity index (χ3v) is 4.57. The maximum absolute atomic E-state index is 13.0. The molecule has 1 N–H and O–H groups in total. The van der Waals surface area contributed by atoms with Crippen LogP contribution in [0, 0.1) is 5.82 Å². The molecule has 0 aliphatic heterocycles. The summed E-state index contributed by atoms with van der Waals surface area (Å²) in [6, 6.07) is 14.2. The molecule has 2 aromatic carbocycles. The van der Waals surface area contributed by atoms with Crippen LogP contribution < -0.4 is 0 Å². The van der Waals surface area contributed by atoms with Crippen molar-refractivity contribution in [3.05, 3.63) is 69.9 Å². The highest BCUT2D eigenvalue weighted by Crippen LogP contribution is 2.30. The van der Waals surface area contributed by atoms with E-state index in [9.17, 15) is 9.50 Å². The largest absolute Gasteiger partial charge is 0.392 e. The number of aliphatic hydroxyl groups excluding tert-OH is 1. The van der Waals surface area contributed by atoms with Crippen LogP contribution in [-0.2, 0) is 11.8 Å². The Morgan fingerprint density at radius 3 is 2.30 bits per heavy atom. The van der Waals surface area contributed by atoms with E-state index in [1.165, 1.54) is 12.1 Å². The van der Waals surface area contributed by atoms with E-state index in [4.69, 9.17) is 0 Å². The fourth-order valence-corrected chi connectivity index (χ4v) is 2.65. The highest BCUT2D eigenvalue weighted by Gasteiger charge is 2.30. The van der Waals surface area contributed by atoms with Gasteiger partial charge in [0.1, 0.15) is 5.82 Å². The molecule has 1 nitrogen and oxygen atoms in total. The number of halogens is 2. The third kappa shape index (κ3) is 3.28. The Bertz CT molecular complexity index is 578. The maximum Gasteiger partial charge on any atom is 0.123 e. The van der Waals surface area contributed by atoms with Crippen molar-refractivity contribution in [1.82, 2.24) is 0 Å². The number of hydrogen-bond acceptors (Lipinski definition) is 1. The standard InChI is InChI=1S/C17H18BrFO/c1-17(2,13-7-9-14(19)10-8-13)16(20)11-12-5-3-4-6-15(12)18/h3-10,16,20H,11H2,1-2H3. The van der Waals surface area contributed by atoms with Gasteiger partial charge in [-0.25, -0.2) is 4.39 Å². The van der Waals surface area contributed by atoms with Crippen LogP contribution in [0.15, 0.2) is 53.0 Å². The van der Waals surface area contributed by atoms with Crippen LogP contribution in [0.3, 0.4) is 0 Å². The van der Waals surface area contributed by atoms with Gasteiger partial charge in [0, 0.05) is 16.3 Å². The molecule has 1 atom stereocenters. The summed E-state index contributed by atoms with van der Waals surface area (Å²) in [4.78, 5) is 0. The molecule has 1 unspecified atom stereocenters. The summed E-state index contributed by atoms with van der Waals surface area (Å²) in [6.07, 6.45) is -0.00197. The molecule has 3 heteroatoms. The van der Waals surface area contributed by atoms with Crippen LogP contribution in [0.25, 0.3) is 0 Å². The quantitative estimate of drug-likeness (QED) is 0.873. The Balaban J connectivity index is 2.21. The molecular formula is C17H18BrFO. The molecule has 0 aliphatic carbocycles. The minimum absolute atomic E-state index is 0.259. The molecule has 0 radical (unpaired) electrons. The fourth-order valence-electron chi connectivity index (χ4n) is 2.20. The zero-order chi connectivity index (χ0) is 14.8. The van der Waals surface area contributed by atoms with E-state index in [0.29, 0.717) is 6.42 Å². The average Bonchev–Trinajstić information content (AvgIpc) is 2.41. The van der Waals surface area contributed by atoms with Gasteiger partial charge in [0.15, 0.2) is 0 Å². The van der Waals surface area contributed by atoms with Crippen molar-refractivity contribution in [2.75, 3.05) is 0 Å². The summed E-state index contributed by atoms with van der Waals surface area (Å²) in [7, 11) is 0. The van der Waals surface area contributed by atoms with Crippen molar-refractivity contribution in [2.45, 2.75) is 31.8 Å². The number of aliphatic hydroxyl groups is 1. The molecule has 0 heterocycles. The lowest BCUT2D eigenvalue weighted by Crippen LogP contribution is -2.35. The molecule has 0 bridgehead atoms. The third-order valence-electron chi connectivity index (χ3n) is 3.79. The molecule has 20 heavy (non-hydrogen) atoms. The zero-order valence-corrected chi connectivity index (χ0v) is 13.2. The summed E-state index contributed by atoms with van der Waals surface area (Å²) in [5.41, 5.74) is 1.55. The second-order valence-corrected chi connectivity index (χ2v) is 6.39. The zero-order valence-electron chi connectivity index (χ0n) is 11.6. The van der Waals surface area contributed by atoms with Gasteiger partial charge in [-0.15, -0.1) is 0 Å². The first-order valence-electron chi connectivity index (χ1n) is 6.59. The van der Waals surface area contributed by atoms with Crippen LogP contribution in [0.5, 0.6) is 0 Å². The molecule has 0 aromatic heterocycles. The second-order valence-electron chi connectivity index (χ2n) is 5.54.